The maximum atomic E-state index is 12.3. The van der Waals surface area contributed by atoms with E-state index < -0.39 is 5.97 Å². The summed E-state index contributed by atoms with van der Waals surface area (Å²) in [6, 6.07) is 4.48. The van der Waals surface area contributed by atoms with Gasteiger partial charge in [-0.2, -0.15) is 0 Å². The molecule has 1 aromatic carbocycles. The van der Waals surface area contributed by atoms with Gasteiger partial charge in [0, 0.05) is 18.2 Å². The maximum Gasteiger partial charge on any atom is 0.305 e. The van der Waals surface area contributed by atoms with Crippen LogP contribution in [0.15, 0.2) is 18.2 Å². The monoisotopic (exact) mass is 282 g/mol. The average molecular weight is 283 g/mol. The molecule has 0 aliphatic carbocycles. The van der Waals surface area contributed by atoms with Gasteiger partial charge in [-0.05, 0) is 31.0 Å². The number of hydrogen-bond donors (Lipinski definition) is 2. The fourth-order valence-corrected chi connectivity index (χ4v) is 2.48. The highest BCUT2D eigenvalue weighted by Gasteiger charge is 2.31. The van der Waals surface area contributed by atoms with Gasteiger partial charge < -0.3 is 15.7 Å². The average Bonchev–Trinajstić information content (AvgIpc) is 2.79. The number of carbonyl (C=O) groups is 2. The molecule has 3 N–H and O–H groups in total. The van der Waals surface area contributed by atoms with Crippen molar-refractivity contribution in [3.63, 3.8) is 0 Å². The molecule has 0 radical (unpaired) electrons. The summed E-state index contributed by atoms with van der Waals surface area (Å²) in [5.41, 5.74) is 6.47. The van der Waals surface area contributed by atoms with Gasteiger partial charge in [0.2, 0.25) is 0 Å². The summed E-state index contributed by atoms with van der Waals surface area (Å²) in [4.78, 5) is 24.7. The molecule has 1 saturated heterocycles. The van der Waals surface area contributed by atoms with Gasteiger partial charge in [0.15, 0.2) is 0 Å². The highest BCUT2D eigenvalue weighted by atomic mass is 35.5. The second-order valence-electron chi connectivity index (χ2n) is 4.63. The predicted molar refractivity (Wildman–Crippen MR) is 72.2 cm³/mol. The summed E-state index contributed by atoms with van der Waals surface area (Å²) in [6.07, 6.45) is 1.53. The van der Waals surface area contributed by atoms with Gasteiger partial charge in [-0.25, -0.2) is 0 Å². The van der Waals surface area contributed by atoms with Crippen molar-refractivity contribution in [3.8, 4) is 0 Å². The lowest BCUT2D eigenvalue weighted by Crippen LogP contribution is -2.36. The molecule has 1 fully saturated rings. The molecule has 2 rings (SSSR count). The number of amides is 1. The number of hydrogen-bond acceptors (Lipinski definition) is 3. The van der Waals surface area contributed by atoms with E-state index in [1.54, 1.807) is 17.0 Å². The molecule has 1 aliphatic rings. The summed E-state index contributed by atoms with van der Waals surface area (Å²) in [6.45, 7) is 0.583. The van der Waals surface area contributed by atoms with Crippen LogP contribution in [0.1, 0.15) is 29.6 Å². The lowest BCUT2D eigenvalue weighted by Gasteiger charge is -2.23. The van der Waals surface area contributed by atoms with Crippen LogP contribution in [0.25, 0.3) is 0 Å². The number of carbonyl (C=O) groups excluding carboxylic acids is 1. The molecule has 19 heavy (non-hydrogen) atoms. The zero-order chi connectivity index (χ0) is 14.0. The molecule has 0 saturated carbocycles. The topological polar surface area (TPSA) is 83.6 Å². The molecular weight excluding hydrogens is 268 g/mol. The SMILES string of the molecule is Nc1cc(C(=O)N2CCCC2CC(=O)O)ccc1Cl. The summed E-state index contributed by atoms with van der Waals surface area (Å²) >= 11 is 5.81. The molecule has 0 spiro atoms. The Balaban J connectivity index is 2.18. The van der Waals surface area contributed by atoms with Crippen LogP contribution in [-0.4, -0.2) is 34.5 Å². The highest BCUT2D eigenvalue weighted by Crippen LogP contribution is 2.25. The number of likely N-dealkylation sites (tertiary alicyclic amines) is 1. The van der Waals surface area contributed by atoms with Crippen molar-refractivity contribution in [1.82, 2.24) is 4.90 Å². The van der Waals surface area contributed by atoms with Gasteiger partial charge in [-0.15, -0.1) is 0 Å². The summed E-state index contributed by atoms with van der Waals surface area (Å²) in [7, 11) is 0. The minimum Gasteiger partial charge on any atom is -0.481 e. The van der Waals surface area contributed by atoms with Crippen molar-refractivity contribution >= 4 is 29.2 Å². The van der Waals surface area contributed by atoms with E-state index in [-0.39, 0.29) is 18.4 Å². The van der Waals surface area contributed by atoms with Crippen molar-refractivity contribution in [1.29, 1.82) is 0 Å². The van der Waals surface area contributed by atoms with Crippen LogP contribution in [0.4, 0.5) is 5.69 Å². The molecular formula is C13H15ClN2O3. The zero-order valence-electron chi connectivity index (χ0n) is 10.3. The summed E-state index contributed by atoms with van der Waals surface area (Å²) in [5.74, 6) is -1.08. The van der Waals surface area contributed by atoms with Crippen molar-refractivity contribution in [2.45, 2.75) is 25.3 Å². The number of aliphatic carboxylic acids is 1. The first kappa shape index (κ1) is 13.7. The van der Waals surface area contributed by atoms with Crippen LogP contribution in [0.5, 0.6) is 0 Å². The second-order valence-corrected chi connectivity index (χ2v) is 5.04. The number of nitrogens with two attached hydrogens (primary N) is 1. The van der Waals surface area contributed by atoms with E-state index in [0.29, 0.717) is 22.8 Å². The Labute approximate surface area is 116 Å². The number of halogens is 1. The van der Waals surface area contributed by atoms with Crippen LogP contribution >= 0.6 is 11.6 Å². The van der Waals surface area contributed by atoms with Crippen LogP contribution in [0.2, 0.25) is 5.02 Å². The Morgan fingerprint density at radius 3 is 2.84 bits per heavy atom. The third-order valence-electron chi connectivity index (χ3n) is 3.29. The normalized spacial score (nSPS) is 18.6. The number of benzene rings is 1. The minimum atomic E-state index is -0.889. The number of carboxylic acids is 1. The maximum absolute atomic E-state index is 12.3. The molecule has 0 bridgehead atoms. The summed E-state index contributed by atoms with van der Waals surface area (Å²) < 4.78 is 0. The van der Waals surface area contributed by atoms with Crippen LogP contribution in [0, 0.1) is 0 Å². The Morgan fingerprint density at radius 2 is 2.21 bits per heavy atom. The van der Waals surface area contributed by atoms with Gasteiger partial charge in [0.1, 0.15) is 0 Å². The van der Waals surface area contributed by atoms with E-state index in [0.717, 1.165) is 12.8 Å². The van der Waals surface area contributed by atoms with Crippen LogP contribution < -0.4 is 5.73 Å². The fraction of sp³-hybridized carbons (Fsp3) is 0.385. The molecule has 1 unspecified atom stereocenters. The van der Waals surface area contributed by atoms with Gasteiger partial charge in [-0.3, -0.25) is 9.59 Å². The van der Waals surface area contributed by atoms with Crippen molar-refractivity contribution in [2.75, 3.05) is 12.3 Å². The quantitative estimate of drug-likeness (QED) is 0.831. The number of rotatable bonds is 3. The molecule has 1 heterocycles. The third kappa shape index (κ3) is 2.98. The van der Waals surface area contributed by atoms with Gasteiger partial charge >= 0.3 is 5.97 Å². The van der Waals surface area contributed by atoms with E-state index in [1.807, 2.05) is 0 Å². The van der Waals surface area contributed by atoms with Crippen LogP contribution in [0.3, 0.4) is 0 Å². The first-order chi connectivity index (χ1) is 8.99. The smallest absolute Gasteiger partial charge is 0.305 e. The van der Waals surface area contributed by atoms with E-state index in [9.17, 15) is 9.59 Å². The Bertz CT molecular complexity index is 519. The molecule has 5 nitrogen and oxygen atoms in total. The molecule has 1 amide bonds. The molecule has 102 valence electrons. The molecule has 6 heteroatoms. The minimum absolute atomic E-state index is 0.0190. The number of nitrogens with zero attached hydrogens (tertiary/aromatic N) is 1. The molecule has 1 aromatic rings. The summed E-state index contributed by atoms with van der Waals surface area (Å²) in [5, 5.41) is 9.25. The molecule has 1 aliphatic heterocycles. The number of carboxylic acid groups (broad SMARTS) is 1. The first-order valence-electron chi connectivity index (χ1n) is 6.07. The van der Waals surface area contributed by atoms with Crippen molar-refractivity contribution in [3.05, 3.63) is 28.8 Å². The van der Waals surface area contributed by atoms with E-state index in [4.69, 9.17) is 22.4 Å². The van der Waals surface area contributed by atoms with E-state index in [2.05, 4.69) is 0 Å². The molecule has 0 aromatic heterocycles. The van der Waals surface area contributed by atoms with Gasteiger partial charge in [0.05, 0.1) is 17.1 Å². The Hall–Kier alpha value is -1.75. The first-order valence-corrected chi connectivity index (χ1v) is 6.44. The predicted octanol–water partition coefficient (Wildman–Crippen LogP) is 2.00. The van der Waals surface area contributed by atoms with E-state index in [1.165, 1.54) is 6.07 Å². The van der Waals surface area contributed by atoms with Crippen molar-refractivity contribution < 1.29 is 14.7 Å². The van der Waals surface area contributed by atoms with Crippen molar-refractivity contribution in [2.24, 2.45) is 0 Å². The number of nitrogen functional groups attached to an aromatic ring is 1. The van der Waals surface area contributed by atoms with Crippen LogP contribution in [-0.2, 0) is 4.79 Å². The van der Waals surface area contributed by atoms with E-state index >= 15 is 0 Å². The highest BCUT2D eigenvalue weighted by molar-refractivity contribution is 6.33. The lowest BCUT2D eigenvalue weighted by atomic mass is 10.1. The lowest BCUT2D eigenvalue weighted by molar-refractivity contribution is -0.137. The van der Waals surface area contributed by atoms with Gasteiger partial charge in [0.25, 0.3) is 5.91 Å². The number of anilines is 1. The standard InChI is InChI=1S/C13H15ClN2O3/c14-10-4-3-8(6-11(10)15)13(19)16-5-1-2-9(16)7-12(17)18/h3-4,6,9H,1-2,5,7,15H2,(H,17,18). The molecule has 1 atom stereocenters. The largest absolute Gasteiger partial charge is 0.481 e. The Morgan fingerprint density at radius 1 is 1.47 bits per heavy atom. The Kier molecular flexibility index (Phi) is 3.95. The zero-order valence-corrected chi connectivity index (χ0v) is 11.1. The fourth-order valence-electron chi connectivity index (χ4n) is 2.36. The second kappa shape index (κ2) is 5.48. The van der Waals surface area contributed by atoms with Gasteiger partial charge in [-0.1, -0.05) is 11.6 Å². The third-order valence-corrected chi connectivity index (χ3v) is 3.64.